The monoisotopic (exact) mass is 539 g/mol. The van der Waals surface area contributed by atoms with Gasteiger partial charge in [-0.05, 0) is 87.4 Å². The molecule has 0 radical (unpaired) electrons. The summed E-state index contributed by atoms with van der Waals surface area (Å²) < 4.78 is 35.9. The van der Waals surface area contributed by atoms with Crippen LogP contribution in [0.5, 0.6) is 5.75 Å². The van der Waals surface area contributed by atoms with Crippen LogP contribution in [0.15, 0.2) is 36.4 Å². The lowest BCUT2D eigenvalue weighted by Gasteiger charge is -2.36. The number of amides is 1. The van der Waals surface area contributed by atoms with Crippen LogP contribution in [0.25, 0.3) is 16.0 Å². The largest absolute Gasteiger partial charge is 0.504 e. The molecule has 0 spiro atoms. The molecule has 1 amide bonds. The van der Waals surface area contributed by atoms with Crippen LogP contribution in [0.1, 0.15) is 62.7 Å². The van der Waals surface area contributed by atoms with Gasteiger partial charge in [0, 0.05) is 30.8 Å². The van der Waals surface area contributed by atoms with Crippen molar-refractivity contribution < 1.29 is 23.4 Å². The lowest BCUT2D eigenvalue weighted by molar-refractivity contribution is 0.0473. The molecule has 2 saturated heterocycles. The molecule has 0 aromatic heterocycles. The van der Waals surface area contributed by atoms with Crippen LogP contribution >= 0.6 is 0 Å². The number of ether oxygens (including phenoxy) is 1. The van der Waals surface area contributed by atoms with E-state index in [0.29, 0.717) is 67.4 Å². The average Bonchev–Trinajstić information content (AvgIpc) is 2.96. The van der Waals surface area contributed by atoms with E-state index < -0.39 is 17.6 Å². The fourth-order valence-corrected chi connectivity index (χ4v) is 5.49. The van der Waals surface area contributed by atoms with Gasteiger partial charge in [-0.2, -0.15) is 0 Å². The summed E-state index contributed by atoms with van der Waals surface area (Å²) in [6.45, 7) is 14.9. The van der Waals surface area contributed by atoms with Crippen LogP contribution in [0.4, 0.5) is 14.5 Å². The minimum atomic E-state index is -1.12. The molecule has 0 unspecified atom stereocenters. The van der Waals surface area contributed by atoms with Gasteiger partial charge < -0.3 is 19.6 Å². The number of benzene rings is 2. The third kappa shape index (κ3) is 7.14. The maximum absolute atomic E-state index is 15.1. The van der Waals surface area contributed by atoms with Crippen molar-refractivity contribution in [1.82, 2.24) is 9.80 Å². The van der Waals surface area contributed by atoms with E-state index in [2.05, 4.69) is 9.74 Å². The molecule has 2 aliphatic heterocycles. The fraction of sp³-hybridized carbons (Fsp3) is 0.548. The number of alkyl halides is 1. The predicted molar refractivity (Wildman–Crippen MR) is 148 cm³/mol. The summed E-state index contributed by atoms with van der Waals surface area (Å²) in [6.07, 6.45) is 3.73. The highest BCUT2D eigenvalue weighted by molar-refractivity contribution is 5.95. The molecule has 1 N–H and O–H groups in total. The van der Waals surface area contributed by atoms with Crippen molar-refractivity contribution in [2.75, 3.05) is 39.3 Å². The maximum Gasteiger partial charge on any atom is 0.254 e. The second-order valence-electron chi connectivity index (χ2n) is 10.9. The van der Waals surface area contributed by atoms with Gasteiger partial charge in [0.1, 0.15) is 17.2 Å². The van der Waals surface area contributed by atoms with Gasteiger partial charge in [0.15, 0.2) is 0 Å². The molecule has 2 fully saturated rings. The Hall–Kier alpha value is -3.02. The Kier molecular flexibility index (Phi) is 9.58. The number of β-amino-alcohol motifs (C(OH)–C–C–N with tert-alkyl or cyclic N) is 1. The smallest absolute Gasteiger partial charge is 0.254 e. The van der Waals surface area contributed by atoms with Crippen LogP contribution in [0, 0.1) is 18.3 Å². The highest BCUT2D eigenvalue weighted by Crippen LogP contribution is 2.35. The van der Waals surface area contributed by atoms with Crippen LogP contribution in [-0.4, -0.2) is 71.9 Å². The Labute approximate surface area is 230 Å². The molecule has 1 atom stereocenters. The summed E-state index contributed by atoms with van der Waals surface area (Å²) in [6, 6.07) is 9.41. The second kappa shape index (κ2) is 12.9. The van der Waals surface area contributed by atoms with Crippen LogP contribution in [-0.2, 0) is 0 Å². The molecule has 6 nitrogen and oxygen atoms in total. The summed E-state index contributed by atoms with van der Waals surface area (Å²) in [7, 11) is 0. The molecular formula is C31H39F2N3O3. The molecule has 0 saturated carbocycles. The third-order valence-corrected chi connectivity index (χ3v) is 8.25. The number of piperidine rings is 2. The number of carbonyl (C=O) groups is 1. The van der Waals surface area contributed by atoms with E-state index in [1.54, 1.807) is 35.2 Å². The average molecular weight is 540 g/mol. The third-order valence-electron chi connectivity index (χ3n) is 8.25. The summed E-state index contributed by atoms with van der Waals surface area (Å²) in [5.41, 5.74) is 0.260. The first-order valence-electron chi connectivity index (χ1n) is 14.1. The van der Waals surface area contributed by atoms with E-state index in [1.165, 1.54) is 6.07 Å². The van der Waals surface area contributed by atoms with Crippen LogP contribution < -0.4 is 4.74 Å². The number of hydrogen-bond donors (Lipinski definition) is 1. The van der Waals surface area contributed by atoms with E-state index in [4.69, 9.17) is 11.3 Å². The summed E-state index contributed by atoms with van der Waals surface area (Å²) in [5.74, 6) is -0.0410. The SMILES string of the molecule is [C-]#[N+]c1cc(-c2ccc(C(=O)N3CCC[C@@H](O)C3)cc2F)ccc1OCC1CCN(CC(F)(CC)CC)CC1. The van der Waals surface area contributed by atoms with Gasteiger partial charge >= 0.3 is 0 Å². The first-order valence-corrected chi connectivity index (χ1v) is 14.1. The zero-order chi connectivity index (χ0) is 28.0. The molecule has 39 heavy (non-hydrogen) atoms. The first-order chi connectivity index (χ1) is 18.7. The maximum atomic E-state index is 15.1. The molecule has 2 aliphatic rings. The number of aliphatic hydroxyl groups excluding tert-OH is 1. The van der Waals surface area contributed by atoms with Crippen molar-refractivity contribution in [2.45, 2.75) is 64.1 Å². The molecule has 4 rings (SSSR count). The van der Waals surface area contributed by atoms with Gasteiger partial charge in [0.25, 0.3) is 5.91 Å². The molecule has 210 valence electrons. The first kappa shape index (κ1) is 29.0. The van der Waals surface area contributed by atoms with Crippen molar-refractivity contribution in [3.05, 3.63) is 59.2 Å². The lowest BCUT2D eigenvalue weighted by Crippen LogP contribution is -2.44. The van der Waals surface area contributed by atoms with Gasteiger partial charge in [0.05, 0.1) is 19.3 Å². The summed E-state index contributed by atoms with van der Waals surface area (Å²) >= 11 is 0. The Morgan fingerprint density at radius 2 is 1.87 bits per heavy atom. The number of carbonyl (C=O) groups excluding carboxylic acids is 1. The van der Waals surface area contributed by atoms with Gasteiger partial charge in [-0.3, -0.25) is 4.79 Å². The Morgan fingerprint density at radius 1 is 1.13 bits per heavy atom. The summed E-state index contributed by atoms with van der Waals surface area (Å²) in [5, 5.41) is 9.85. The van der Waals surface area contributed by atoms with Gasteiger partial charge in [-0.15, -0.1) is 0 Å². The normalized spacial score (nSPS) is 19.1. The molecule has 2 aromatic carbocycles. The van der Waals surface area contributed by atoms with Gasteiger partial charge in [-0.25, -0.2) is 13.6 Å². The Morgan fingerprint density at radius 3 is 2.51 bits per heavy atom. The second-order valence-corrected chi connectivity index (χ2v) is 10.9. The van der Waals surface area contributed by atoms with E-state index in [9.17, 15) is 14.3 Å². The number of hydrogen-bond acceptors (Lipinski definition) is 4. The van der Waals surface area contributed by atoms with Crippen LogP contribution in [0.3, 0.4) is 0 Å². The molecule has 0 aliphatic carbocycles. The predicted octanol–water partition coefficient (Wildman–Crippen LogP) is 6.26. The van der Waals surface area contributed by atoms with Crippen LogP contribution in [0.2, 0.25) is 0 Å². The number of likely N-dealkylation sites (tertiary alicyclic amines) is 2. The summed E-state index contributed by atoms with van der Waals surface area (Å²) in [4.78, 5) is 20.1. The molecule has 2 heterocycles. The van der Waals surface area contributed by atoms with Gasteiger partial charge in [0.2, 0.25) is 5.69 Å². The minimum absolute atomic E-state index is 0.239. The quantitative estimate of drug-likeness (QED) is 0.382. The standard InChI is InChI=1S/C31H39F2N3O3/c1-4-31(33,5-2)21-35-15-12-22(13-16-35)20-39-29-11-9-23(18-28(29)34-3)26-10-8-24(17-27(26)32)30(38)36-14-6-7-25(37)19-36/h8-11,17-18,22,25,37H,4-7,12-16,19-21H2,1-2H3/t25-/m1/s1. The lowest BCUT2D eigenvalue weighted by atomic mass is 9.94. The molecule has 8 heteroatoms. The Bertz CT molecular complexity index is 1190. The number of halogens is 2. The van der Waals surface area contributed by atoms with E-state index in [0.717, 1.165) is 32.4 Å². The Balaban J connectivity index is 1.36. The molecule has 2 aromatic rings. The van der Waals surface area contributed by atoms with Crippen molar-refractivity contribution in [3.8, 4) is 16.9 Å². The van der Waals surface area contributed by atoms with Crippen molar-refractivity contribution >= 4 is 11.6 Å². The topological polar surface area (TPSA) is 57.4 Å². The van der Waals surface area contributed by atoms with Crippen molar-refractivity contribution in [3.63, 3.8) is 0 Å². The molecular weight excluding hydrogens is 500 g/mol. The van der Waals surface area contributed by atoms with E-state index >= 15 is 4.39 Å². The van der Waals surface area contributed by atoms with Crippen molar-refractivity contribution in [1.29, 1.82) is 0 Å². The molecule has 0 bridgehead atoms. The fourth-order valence-electron chi connectivity index (χ4n) is 5.49. The van der Waals surface area contributed by atoms with E-state index in [1.807, 2.05) is 13.8 Å². The number of rotatable bonds is 9. The number of nitrogens with zero attached hydrogens (tertiary/aromatic N) is 3. The zero-order valence-corrected chi connectivity index (χ0v) is 23.0. The number of aliphatic hydroxyl groups is 1. The highest BCUT2D eigenvalue weighted by Gasteiger charge is 2.30. The van der Waals surface area contributed by atoms with Crippen molar-refractivity contribution in [2.24, 2.45) is 5.92 Å². The van der Waals surface area contributed by atoms with Gasteiger partial charge in [-0.1, -0.05) is 26.0 Å². The minimum Gasteiger partial charge on any atom is -0.504 e. The van der Waals surface area contributed by atoms with E-state index in [-0.39, 0.29) is 18.0 Å². The zero-order valence-electron chi connectivity index (χ0n) is 23.0. The highest BCUT2D eigenvalue weighted by atomic mass is 19.1.